The molecule has 9 heteroatoms. The van der Waals surface area contributed by atoms with Gasteiger partial charge in [-0.15, -0.1) is 0 Å². The van der Waals surface area contributed by atoms with Crippen molar-refractivity contribution in [1.82, 2.24) is 16.2 Å². The first kappa shape index (κ1) is 22.3. The minimum Gasteiger partial charge on any atom is -0.490 e. The highest BCUT2D eigenvalue weighted by Crippen LogP contribution is 2.36. The van der Waals surface area contributed by atoms with Gasteiger partial charge in [0.05, 0.1) is 24.8 Å². The van der Waals surface area contributed by atoms with Gasteiger partial charge in [-0.25, -0.2) is 0 Å². The van der Waals surface area contributed by atoms with Gasteiger partial charge < -0.3 is 19.5 Å². The fourth-order valence-corrected chi connectivity index (χ4v) is 2.56. The molecule has 0 aliphatic rings. The molecule has 0 radical (unpaired) electrons. The number of nitrogens with one attached hydrogen (secondary N) is 3. The van der Waals surface area contributed by atoms with Gasteiger partial charge in [-0.2, -0.15) is 0 Å². The molecule has 0 spiro atoms. The summed E-state index contributed by atoms with van der Waals surface area (Å²) in [6.45, 7) is 7.16. The fourth-order valence-electron chi connectivity index (χ4n) is 2.04. The van der Waals surface area contributed by atoms with Crippen molar-refractivity contribution >= 4 is 34.8 Å². The Kier molecular flexibility index (Phi) is 10.1. The Morgan fingerprint density at radius 2 is 2.00 bits per heavy atom. The smallest absolute Gasteiger partial charge is 0.269 e. The average molecular weight is 404 g/mol. The third-order valence-electron chi connectivity index (χ3n) is 3.11. The van der Waals surface area contributed by atoms with E-state index in [4.69, 9.17) is 38.0 Å². The maximum absolute atomic E-state index is 12.4. The quantitative estimate of drug-likeness (QED) is 0.432. The van der Waals surface area contributed by atoms with Gasteiger partial charge in [-0.1, -0.05) is 18.5 Å². The van der Waals surface area contributed by atoms with Crippen molar-refractivity contribution in [3.8, 4) is 11.5 Å². The lowest BCUT2D eigenvalue weighted by Gasteiger charge is -2.17. The van der Waals surface area contributed by atoms with Crippen LogP contribution in [0, 0.1) is 0 Å². The minimum atomic E-state index is -0.404. The molecule has 0 aliphatic heterocycles. The number of carbonyl (C=O) groups is 1. The number of hydrogen-bond acceptors (Lipinski definition) is 5. The minimum absolute atomic E-state index is 0.00546. The SMILES string of the molecule is CCCOc1c(Cl)cc(C(=O)NNC(=S)N[C@@H](C)COC)cc1OCC. The molecule has 1 amide bonds. The molecule has 146 valence electrons. The predicted molar refractivity (Wildman–Crippen MR) is 106 cm³/mol. The van der Waals surface area contributed by atoms with Crippen LogP contribution in [-0.4, -0.2) is 44.0 Å². The molecule has 26 heavy (non-hydrogen) atoms. The Labute approximate surface area is 164 Å². The number of rotatable bonds is 9. The first-order valence-electron chi connectivity index (χ1n) is 8.37. The normalized spacial score (nSPS) is 11.4. The van der Waals surface area contributed by atoms with Crippen molar-refractivity contribution in [2.24, 2.45) is 0 Å². The van der Waals surface area contributed by atoms with Crippen molar-refractivity contribution < 1.29 is 19.0 Å². The van der Waals surface area contributed by atoms with E-state index in [2.05, 4.69) is 16.2 Å². The van der Waals surface area contributed by atoms with Gasteiger partial charge in [0.25, 0.3) is 5.91 Å². The molecule has 7 nitrogen and oxygen atoms in total. The van der Waals surface area contributed by atoms with Crippen LogP contribution in [-0.2, 0) is 4.74 Å². The van der Waals surface area contributed by atoms with Crippen LogP contribution in [0.3, 0.4) is 0 Å². The van der Waals surface area contributed by atoms with Crippen LogP contribution in [0.1, 0.15) is 37.6 Å². The van der Waals surface area contributed by atoms with E-state index in [0.29, 0.717) is 41.9 Å². The number of halogens is 1. The summed E-state index contributed by atoms with van der Waals surface area (Å²) in [4.78, 5) is 12.4. The predicted octanol–water partition coefficient (Wildman–Crippen LogP) is 2.67. The Balaban J connectivity index is 2.77. The highest BCUT2D eigenvalue weighted by atomic mass is 35.5. The Morgan fingerprint density at radius 3 is 2.62 bits per heavy atom. The number of benzene rings is 1. The lowest BCUT2D eigenvalue weighted by molar-refractivity contribution is 0.0942. The van der Waals surface area contributed by atoms with Crippen molar-refractivity contribution in [2.75, 3.05) is 26.9 Å². The Morgan fingerprint density at radius 1 is 1.27 bits per heavy atom. The van der Waals surface area contributed by atoms with Gasteiger partial charge in [-0.05, 0) is 44.6 Å². The third-order valence-corrected chi connectivity index (χ3v) is 3.61. The van der Waals surface area contributed by atoms with Gasteiger partial charge >= 0.3 is 0 Å². The maximum Gasteiger partial charge on any atom is 0.269 e. The van der Waals surface area contributed by atoms with Gasteiger partial charge in [0, 0.05) is 18.7 Å². The second-order valence-electron chi connectivity index (χ2n) is 5.48. The van der Waals surface area contributed by atoms with Crippen molar-refractivity contribution in [3.05, 3.63) is 22.7 Å². The number of methoxy groups -OCH3 is 1. The molecule has 1 aromatic rings. The van der Waals surface area contributed by atoms with E-state index < -0.39 is 5.91 Å². The second-order valence-corrected chi connectivity index (χ2v) is 6.29. The molecule has 0 saturated carbocycles. The first-order valence-corrected chi connectivity index (χ1v) is 9.16. The van der Waals surface area contributed by atoms with Crippen LogP contribution in [0.2, 0.25) is 5.02 Å². The summed E-state index contributed by atoms with van der Waals surface area (Å²) in [5.41, 5.74) is 5.48. The molecule has 0 unspecified atom stereocenters. The number of hydrogen-bond donors (Lipinski definition) is 3. The molecule has 1 atom stereocenters. The van der Waals surface area contributed by atoms with Crippen LogP contribution in [0.15, 0.2) is 12.1 Å². The summed E-state index contributed by atoms with van der Waals surface area (Å²) in [6, 6.07) is 3.11. The molecule has 1 rings (SSSR count). The average Bonchev–Trinajstić information content (AvgIpc) is 2.59. The number of hydrazine groups is 1. The highest BCUT2D eigenvalue weighted by Gasteiger charge is 2.16. The van der Waals surface area contributed by atoms with E-state index in [1.807, 2.05) is 20.8 Å². The van der Waals surface area contributed by atoms with Gasteiger partial charge in [0.15, 0.2) is 16.6 Å². The summed E-state index contributed by atoms with van der Waals surface area (Å²) in [7, 11) is 1.60. The summed E-state index contributed by atoms with van der Waals surface area (Å²) in [5.74, 6) is 0.455. The van der Waals surface area contributed by atoms with Crippen molar-refractivity contribution in [2.45, 2.75) is 33.2 Å². The molecule has 3 N–H and O–H groups in total. The molecule has 0 fully saturated rings. The summed E-state index contributed by atoms with van der Waals surface area (Å²) in [6.07, 6.45) is 0.833. The molecular formula is C17H26ClN3O4S. The lowest BCUT2D eigenvalue weighted by Crippen LogP contribution is -2.49. The zero-order chi connectivity index (χ0) is 19.5. The van der Waals surface area contributed by atoms with Crippen LogP contribution < -0.4 is 25.6 Å². The maximum atomic E-state index is 12.4. The number of amides is 1. The van der Waals surface area contributed by atoms with Gasteiger partial charge in [-0.3, -0.25) is 15.6 Å². The van der Waals surface area contributed by atoms with Crippen molar-refractivity contribution in [1.29, 1.82) is 0 Å². The molecule has 0 heterocycles. The largest absolute Gasteiger partial charge is 0.490 e. The van der Waals surface area contributed by atoms with E-state index in [9.17, 15) is 4.79 Å². The molecule has 0 bridgehead atoms. The topological polar surface area (TPSA) is 80.9 Å². The first-order chi connectivity index (χ1) is 12.4. The van der Waals surface area contributed by atoms with Crippen molar-refractivity contribution in [3.63, 3.8) is 0 Å². The molecule has 0 aromatic heterocycles. The van der Waals surface area contributed by atoms with E-state index in [0.717, 1.165) is 6.42 Å². The Bertz CT molecular complexity index is 616. The summed E-state index contributed by atoms with van der Waals surface area (Å²) < 4.78 is 16.2. The highest BCUT2D eigenvalue weighted by molar-refractivity contribution is 7.80. The monoisotopic (exact) mass is 403 g/mol. The van der Waals surface area contributed by atoms with Crippen LogP contribution in [0.25, 0.3) is 0 Å². The van der Waals surface area contributed by atoms with E-state index >= 15 is 0 Å². The Hall–Kier alpha value is -1.77. The molecule has 1 aromatic carbocycles. The lowest BCUT2D eigenvalue weighted by atomic mass is 10.2. The van der Waals surface area contributed by atoms with Crippen LogP contribution in [0.5, 0.6) is 11.5 Å². The number of carbonyl (C=O) groups excluding carboxylic acids is 1. The number of thiocarbonyl (C=S) groups is 1. The van der Waals surface area contributed by atoms with Gasteiger partial charge in [0.2, 0.25) is 0 Å². The summed E-state index contributed by atoms with van der Waals surface area (Å²) >= 11 is 11.4. The standard InChI is InChI=1S/C17H26ClN3O4S/c1-5-7-25-15-13(18)8-12(9-14(15)24-6-2)16(22)20-21-17(26)19-11(3)10-23-4/h8-9,11H,5-7,10H2,1-4H3,(H,20,22)(H2,19,21,26)/t11-/m0/s1. The summed E-state index contributed by atoms with van der Waals surface area (Å²) in [5, 5.41) is 3.56. The molecule has 0 saturated heterocycles. The molecular weight excluding hydrogens is 378 g/mol. The third kappa shape index (κ3) is 7.23. The van der Waals surface area contributed by atoms with E-state index in [1.165, 1.54) is 6.07 Å². The fraction of sp³-hybridized carbons (Fsp3) is 0.529. The second kappa shape index (κ2) is 11.8. The zero-order valence-electron chi connectivity index (χ0n) is 15.5. The van der Waals surface area contributed by atoms with Crippen LogP contribution >= 0.6 is 23.8 Å². The van der Waals surface area contributed by atoms with E-state index in [-0.39, 0.29) is 11.2 Å². The van der Waals surface area contributed by atoms with E-state index in [1.54, 1.807) is 13.2 Å². The van der Waals surface area contributed by atoms with Gasteiger partial charge in [0.1, 0.15) is 0 Å². The van der Waals surface area contributed by atoms with Crippen LogP contribution in [0.4, 0.5) is 0 Å². The number of ether oxygens (including phenoxy) is 3. The molecule has 0 aliphatic carbocycles. The zero-order valence-corrected chi connectivity index (χ0v) is 17.1.